The summed E-state index contributed by atoms with van der Waals surface area (Å²) in [6.45, 7) is 0. The molecule has 0 aliphatic rings. The smallest absolute Gasteiger partial charge is 0.285 e. The lowest BCUT2D eigenvalue weighted by Gasteiger charge is -1.83. The van der Waals surface area contributed by atoms with Crippen LogP contribution in [0.25, 0.3) is 10.2 Å². The molecule has 108 valence electrons. The lowest BCUT2D eigenvalue weighted by atomic mass is 10.3. The van der Waals surface area contributed by atoms with Crippen molar-refractivity contribution in [2.45, 2.75) is 4.34 Å². The van der Waals surface area contributed by atoms with Gasteiger partial charge in [-0.2, -0.15) is 22.1 Å². The summed E-state index contributed by atoms with van der Waals surface area (Å²) in [7, 11) is -8.19. The van der Waals surface area contributed by atoms with Crippen LogP contribution in [0.5, 0.6) is 0 Å². The summed E-state index contributed by atoms with van der Waals surface area (Å²) in [6, 6.07) is 8.26. The van der Waals surface area contributed by atoms with Crippen molar-refractivity contribution in [2.75, 3.05) is 5.75 Å². The van der Waals surface area contributed by atoms with E-state index >= 15 is 0 Å². The average Bonchev–Trinajstić information content (AvgIpc) is 2.71. The summed E-state index contributed by atoms with van der Waals surface area (Å²) in [5.41, 5.74) is 0.583. The summed E-state index contributed by atoms with van der Waals surface area (Å²) >= 11 is 0.955. The Balaban J connectivity index is 0.000000246. The maximum absolute atomic E-state index is 10.7. The van der Waals surface area contributed by atoms with Gasteiger partial charge in [-0.15, -0.1) is 11.3 Å². The number of thiazole rings is 1. The van der Waals surface area contributed by atoms with Gasteiger partial charge in [-0.3, -0.25) is 9.11 Å². The van der Waals surface area contributed by atoms with Crippen LogP contribution >= 0.6 is 11.3 Å². The molecule has 1 heterocycles. The van der Waals surface area contributed by atoms with E-state index in [0.717, 1.165) is 16.0 Å². The molecule has 0 aliphatic carbocycles. The first-order valence-electron chi connectivity index (χ1n) is 4.78. The van der Waals surface area contributed by atoms with Gasteiger partial charge in [0.05, 0.1) is 16.3 Å². The molecule has 0 aliphatic heterocycles. The van der Waals surface area contributed by atoms with Gasteiger partial charge in [0, 0.05) is 0 Å². The molecule has 2 aromatic rings. The van der Waals surface area contributed by atoms with Gasteiger partial charge >= 0.3 is 10.1 Å². The number of benzene rings is 1. The SMILES string of the molecule is N#CCS(=O)(=O)O.O=S(=O)(O)c1nc2ccccc2s1. The molecular weight excluding hydrogens is 328 g/mol. The van der Waals surface area contributed by atoms with Crippen LogP contribution in [0.3, 0.4) is 0 Å². The largest absolute Gasteiger partial charge is 0.322 e. The van der Waals surface area contributed by atoms with E-state index in [9.17, 15) is 16.8 Å². The number of nitrogens with zero attached hydrogens (tertiary/aromatic N) is 2. The van der Waals surface area contributed by atoms with E-state index in [1.807, 2.05) is 0 Å². The van der Waals surface area contributed by atoms with Crippen LogP contribution in [0.2, 0.25) is 0 Å². The molecule has 1 aromatic carbocycles. The molecule has 0 radical (unpaired) electrons. The Kier molecular flexibility index (Phi) is 5.15. The van der Waals surface area contributed by atoms with E-state index in [0.29, 0.717) is 5.52 Å². The molecule has 1 aromatic heterocycles. The lowest BCUT2D eigenvalue weighted by molar-refractivity contribution is 0.481. The van der Waals surface area contributed by atoms with E-state index < -0.39 is 26.0 Å². The summed E-state index contributed by atoms with van der Waals surface area (Å²) < 4.78 is 57.5. The van der Waals surface area contributed by atoms with Crippen molar-refractivity contribution in [1.82, 2.24) is 4.98 Å². The number of hydrogen-bond donors (Lipinski definition) is 2. The fourth-order valence-electron chi connectivity index (χ4n) is 1.04. The number of para-hydroxylation sites is 1. The molecule has 2 N–H and O–H groups in total. The van der Waals surface area contributed by atoms with Gasteiger partial charge in [0.2, 0.25) is 4.34 Å². The summed E-state index contributed by atoms with van der Waals surface area (Å²) in [6.07, 6.45) is 0. The highest BCUT2D eigenvalue weighted by atomic mass is 32.3. The van der Waals surface area contributed by atoms with Crippen molar-refractivity contribution in [3.63, 3.8) is 0 Å². The van der Waals surface area contributed by atoms with Crippen molar-refractivity contribution in [3.8, 4) is 6.07 Å². The van der Waals surface area contributed by atoms with Crippen LogP contribution < -0.4 is 0 Å². The Labute approximate surface area is 118 Å². The zero-order chi connectivity index (χ0) is 15.4. The molecule has 0 fully saturated rings. The Hall–Kier alpha value is -1.58. The predicted molar refractivity (Wildman–Crippen MR) is 71.5 cm³/mol. The molecule has 8 nitrogen and oxygen atoms in total. The van der Waals surface area contributed by atoms with E-state index in [2.05, 4.69) is 4.98 Å². The van der Waals surface area contributed by atoms with Crippen molar-refractivity contribution >= 4 is 41.8 Å². The first kappa shape index (κ1) is 16.5. The standard InChI is InChI=1S/C7H5NO3S2.C2H3NO3S/c9-13(10,11)7-8-5-3-1-2-4-6(5)12-7;3-1-2-7(4,5)6/h1-4H,(H,9,10,11);2H2,(H,4,5,6). The Morgan fingerprint density at radius 1 is 1.20 bits per heavy atom. The zero-order valence-corrected chi connectivity index (χ0v) is 12.1. The summed E-state index contributed by atoms with van der Waals surface area (Å²) in [5.74, 6) is -0.826. The normalized spacial score (nSPS) is 11.4. The van der Waals surface area contributed by atoms with Gasteiger partial charge < -0.3 is 0 Å². The van der Waals surface area contributed by atoms with E-state index in [-0.39, 0.29) is 4.34 Å². The van der Waals surface area contributed by atoms with Crippen LogP contribution in [0.15, 0.2) is 28.6 Å². The van der Waals surface area contributed by atoms with Gasteiger partial charge in [0.1, 0.15) is 0 Å². The highest BCUT2D eigenvalue weighted by molar-refractivity contribution is 7.88. The molecule has 0 amide bonds. The fraction of sp³-hybridized carbons (Fsp3) is 0.111. The molecule has 0 saturated heterocycles. The second-order valence-corrected chi connectivity index (χ2v) is 7.39. The molecule has 0 atom stereocenters. The van der Waals surface area contributed by atoms with Crippen LogP contribution in [-0.4, -0.2) is 36.7 Å². The minimum absolute atomic E-state index is 0.256. The van der Waals surface area contributed by atoms with Crippen LogP contribution in [0, 0.1) is 11.3 Å². The highest BCUT2D eigenvalue weighted by Crippen LogP contribution is 2.24. The minimum Gasteiger partial charge on any atom is -0.285 e. The van der Waals surface area contributed by atoms with Crippen molar-refractivity contribution < 1.29 is 25.9 Å². The topological polar surface area (TPSA) is 145 Å². The monoisotopic (exact) mass is 336 g/mol. The number of aromatic nitrogens is 1. The van der Waals surface area contributed by atoms with Crippen LogP contribution in [0.1, 0.15) is 0 Å². The first-order chi connectivity index (χ1) is 9.13. The second kappa shape index (κ2) is 6.25. The number of nitriles is 1. The third kappa shape index (κ3) is 5.19. The second-order valence-electron chi connectivity index (χ2n) is 3.31. The number of hydrogen-bond acceptors (Lipinski definition) is 7. The Bertz CT molecular complexity index is 814. The van der Waals surface area contributed by atoms with Gasteiger partial charge in [-0.25, -0.2) is 4.98 Å². The lowest BCUT2D eigenvalue weighted by Crippen LogP contribution is -1.99. The maximum Gasteiger partial charge on any atom is 0.322 e. The average molecular weight is 336 g/mol. The van der Waals surface area contributed by atoms with Crippen molar-refractivity contribution in [2.24, 2.45) is 0 Å². The zero-order valence-electron chi connectivity index (χ0n) is 9.66. The number of rotatable bonds is 2. The highest BCUT2D eigenvalue weighted by Gasteiger charge is 2.15. The van der Waals surface area contributed by atoms with E-state index in [1.54, 1.807) is 24.3 Å². The molecule has 0 unspecified atom stereocenters. The van der Waals surface area contributed by atoms with Crippen LogP contribution in [0.4, 0.5) is 0 Å². The Morgan fingerprint density at radius 3 is 2.20 bits per heavy atom. The van der Waals surface area contributed by atoms with Crippen LogP contribution in [-0.2, 0) is 20.2 Å². The third-order valence-corrected chi connectivity index (χ3v) is 4.48. The van der Waals surface area contributed by atoms with Gasteiger partial charge in [-0.1, -0.05) is 12.1 Å². The number of fused-ring (bicyclic) bond motifs is 1. The van der Waals surface area contributed by atoms with E-state index in [4.69, 9.17) is 14.4 Å². The maximum atomic E-state index is 10.7. The molecular formula is C9H8N2O6S3. The molecule has 0 saturated carbocycles. The van der Waals surface area contributed by atoms with E-state index in [1.165, 1.54) is 6.07 Å². The Morgan fingerprint density at radius 2 is 1.80 bits per heavy atom. The summed E-state index contributed by atoms with van der Waals surface area (Å²) in [5, 5.41) is 7.61. The van der Waals surface area contributed by atoms with Crippen molar-refractivity contribution in [1.29, 1.82) is 5.26 Å². The molecule has 0 spiro atoms. The molecule has 2 rings (SSSR count). The third-order valence-electron chi connectivity index (χ3n) is 1.74. The minimum atomic E-state index is -4.16. The van der Waals surface area contributed by atoms with Crippen molar-refractivity contribution in [3.05, 3.63) is 24.3 Å². The van der Waals surface area contributed by atoms with Gasteiger partial charge in [-0.05, 0) is 12.1 Å². The molecule has 11 heteroatoms. The van der Waals surface area contributed by atoms with Gasteiger partial charge in [0.25, 0.3) is 10.1 Å². The first-order valence-corrected chi connectivity index (χ1v) is 8.65. The summed E-state index contributed by atoms with van der Waals surface area (Å²) in [4.78, 5) is 3.76. The molecule has 0 bridgehead atoms. The fourth-order valence-corrected chi connectivity index (χ4v) is 2.81. The predicted octanol–water partition coefficient (Wildman–Crippen LogP) is 0.941. The quantitative estimate of drug-likeness (QED) is 0.770. The molecule has 20 heavy (non-hydrogen) atoms. The van der Waals surface area contributed by atoms with Gasteiger partial charge in [0.15, 0.2) is 5.75 Å².